The van der Waals surface area contributed by atoms with Gasteiger partial charge in [-0.25, -0.2) is 0 Å². The highest BCUT2D eigenvalue weighted by Gasteiger charge is 2.13. The van der Waals surface area contributed by atoms with E-state index in [9.17, 15) is 4.79 Å². The molecular formula is C12H11N5O2S. The number of benzene rings is 1. The molecular weight excluding hydrogens is 278 g/mol. The largest absolute Gasteiger partial charge is 0.481 e. The van der Waals surface area contributed by atoms with E-state index in [1.807, 2.05) is 12.1 Å². The smallest absolute Gasteiger partial charge is 0.313 e. The van der Waals surface area contributed by atoms with Crippen molar-refractivity contribution in [1.29, 1.82) is 5.26 Å². The molecule has 0 aliphatic heterocycles. The summed E-state index contributed by atoms with van der Waals surface area (Å²) in [6, 6.07) is 9.26. The number of nitrogens with zero attached hydrogens (tertiary/aromatic N) is 4. The third-order valence-corrected chi connectivity index (χ3v) is 3.37. The number of hydrogen-bond donors (Lipinski definition) is 2. The second-order valence-corrected chi connectivity index (χ2v) is 4.80. The molecule has 0 bridgehead atoms. The number of nitrogens with two attached hydrogens (primary N) is 1. The van der Waals surface area contributed by atoms with Crippen molar-refractivity contribution in [3.05, 3.63) is 29.8 Å². The van der Waals surface area contributed by atoms with E-state index in [0.29, 0.717) is 11.6 Å². The second kappa shape index (κ2) is 6.08. The lowest BCUT2D eigenvalue weighted by atomic mass is 10.1. The average Bonchev–Trinajstić information content (AvgIpc) is 2.79. The van der Waals surface area contributed by atoms with E-state index in [-0.39, 0.29) is 11.7 Å². The third-order valence-electron chi connectivity index (χ3n) is 2.46. The van der Waals surface area contributed by atoms with Crippen molar-refractivity contribution in [2.24, 2.45) is 0 Å². The van der Waals surface area contributed by atoms with Crippen molar-refractivity contribution in [2.75, 3.05) is 11.5 Å². The highest BCUT2D eigenvalue weighted by Crippen LogP contribution is 2.23. The Kier molecular flexibility index (Phi) is 4.22. The van der Waals surface area contributed by atoms with Gasteiger partial charge in [0, 0.05) is 0 Å². The molecule has 3 N–H and O–H groups in total. The number of anilines is 1. The zero-order valence-corrected chi connectivity index (χ0v) is 11.2. The Labute approximate surface area is 119 Å². The van der Waals surface area contributed by atoms with Gasteiger partial charge in [-0.3, -0.25) is 9.36 Å². The fourth-order valence-corrected chi connectivity index (χ4v) is 2.28. The maximum absolute atomic E-state index is 10.6. The van der Waals surface area contributed by atoms with Crippen LogP contribution in [0.1, 0.15) is 5.56 Å². The lowest BCUT2D eigenvalue weighted by Crippen LogP contribution is -2.04. The van der Waals surface area contributed by atoms with E-state index in [1.54, 1.807) is 16.7 Å². The molecule has 102 valence electrons. The molecule has 0 saturated heterocycles. The highest BCUT2D eigenvalue weighted by molar-refractivity contribution is 7.99. The maximum atomic E-state index is 10.6. The van der Waals surface area contributed by atoms with Crippen LogP contribution in [0.5, 0.6) is 0 Å². The molecule has 2 rings (SSSR count). The SMILES string of the molecule is N#CCc1ccc(-n2c(N)nnc2SCC(=O)O)cc1. The normalized spacial score (nSPS) is 10.2. The van der Waals surface area contributed by atoms with Crippen LogP contribution in [-0.2, 0) is 11.2 Å². The van der Waals surface area contributed by atoms with Crippen molar-refractivity contribution < 1.29 is 9.90 Å². The van der Waals surface area contributed by atoms with E-state index in [4.69, 9.17) is 16.1 Å². The van der Waals surface area contributed by atoms with Gasteiger partial charge in [0.2, 0.25) is 5.95 Å². The van der Waals surface area contributed by atoms with Crippen LogP contribution in [0.3, 0.4) is 0 Å². The van der Waals surface area contributed by atoms with Crippen molar-refractivity contribution in [1.82, 2.24) is 14.8 Å². The molecule has 8 heteroatoms. The summed E-state index contributed by atoms with van der Waals surface area (Å²) < 4.78 is 1.57. The van der Waals surface area contributed by atoms with Crippen molar-refractivity contribution in [3.63, 3.8) is 0 Å². The highest BCUT2D eigenvalue weighted by atomic mass is 32.2. The van der Waals surface area contributed by atoms with Crippen molar-refractivity contribution in [3.8, 4) is 11.8 Å². The molecule has 1 heterocycles. The number of hydrogen-bond acceptors (Lipinski definition) is 6. The molecule has 0 saturated carbocycles. The molecule has 0 aliphatic rings. The Hall–Kier alpha value is -2.53. The Balaban J connectivity index is 2.29. The Bertz CT molecular complexity index is 659. The van der Waals surface area contributed by atoms with Crippen LogP contribution in [0, 0.1) is 11.3 Å². The molecule has 0 atom stereocenters. The van der Waals surface area contributed by atoms with Crippen LogP contribution in [0.4, 0.5) is 5.95 Å². The zero-order chi connectivity index (χ0) is 14.5. The predicted octanol–water partition coefficient (Wildman–Crippen LogP) is 1.09. The number of nitrogen functional groups attached to an aromatic ring is 1. The second-order valence-electron chi connectivity index (χ2n) is 3.86. The monoisotopic (exact) mass is 289 g/mol. The summed E-state index contributed by atoms with van der Waals surface area (Å²) in [6.45, 7) is 0. The third kappa shape index (κ3) is 3.07. The van der Waals surface area contributed by atoms with Crippen LogP contribution >= 0.6 is 11.8 Å². The minimum atomic E-state index is -0.938. The summed E-state index contributed by atoms with van der Waals surface area (Å²) >= 11 is 1.04. The van der Waals surface area contributed by atoms with E-state index in [1.165, 1.54) is 0 Å². The van der Waals surface area contributed by atoms with E-state index >= 15 is 0 Å². The number of carboxylic acid groups (broad SMARTS) is 1. The van der Waals surface area contributed by atoms with Crippen LogP contribution in [0.15, 0.2) is 29.4 Å². The summed E-state index contributed by atoms with van der Waals surface area (Å²) in [7, 11) is 0. The van der Waals surface area contributed by atoms with E-state index < -0.39 is 5.97 Å². The van der Waals surface area contributed by atoms with Gasteiger partial charge in [0.25, 0.3) is 0 Å². The maximum Gasteiger partial charge on any atom is 0.313 e. The van der Waals surface area contributed by atoms with Crippen molar-refractivity contribution >= 4 is 23.7 Å². The number of aliphatic carboxylic acids is 1. The minimum Gasteiger partial charge on any atom is -0.481 e. The topological polar surface area (TPSA) is 118 Å². The lowest BCUT2D eigenvalue weighted by molar-refractivity contribution is -0.133. The molecule has 7 nitrogen and oxygen atoms in total. The van der Waals surface area contributed by atoms with Gasteiger partial charge in [0.05, 0.1) is 23.9 Å². The Morgan fingerprint density at radius 2 is 2.10 bits per heavy atom. The number of nitriles is 1. The first-order valence-electron chi connectivity index (χ1n) is 5.63. The van der Waals surface area contributed by atoms with Crippen LogP contribution in [-0.4, -0.2) is 31.6 Å². The summed E-state index contributed by atoms with van der Waals surface area (Å²) in [5, 5.41) is 25.4. The number of aromatic nitrogens is 3. The molecule has 1 aromatic carbocycles. The fourth-order valence-electron chi connectivity index (χ4n) is 1.60. The molecule has 0 radical (unpaired) electrons. The van der Waals surface area contributed by atoms with Crippen LogP contribution in [0.2, 0.25) is 0 Å². The van der Waals surface area contributed by atoms with E-state index in [0.717, 1.165) is 23.0 Å². The molecule has 0 fully saturated rings. The quantitative estimate of drug-likeness (QED) is 0.791. The minimum absolute atomic E-state index is 0.120. The van der Waals surface area contributed by atoms with Crippen LogP contribution in [0.25, 0.3) is 5.69 Å². The number of carbonyl (C=O) groups is 1. The van der Waals surface area contributed by atoms with E-state index in [2.05, 4.69) is 16.3 Å². The van der Waals surface area contributed by atoms with Gasteiger partial charge in [0.1, 0.15) is 0 Å². The molecule has 20 heavy (non-hydrogen) atoms. The summed E-state index contributed by atoms with van der Waals surface area (Å²) in [5.74, 6) is -0.872. The molecule has 0 spiro atoms. The first-order chi connectivity index (χ1) is 9.61. The molecule has 0 unspecified atom stereocenters. The predicted molar refractivity (Wildman–Crippen MR) is 73.4 cm³/mol. The van der Waals surface area contributed by atoms with Gasteiger partial charge in [-0.05, 0) is 17.7 Å². The molecule has 0 amide bonds. The van der Waals surface area contributed by atoms with Gasteiger partial charge >= 0.3 is 5.97 Å². The Morgan fingerprint density at radius 3 is 2.70 bits per heavy atom. The average molecular weight is 289 g/mol. The number of thioether (sulfide) groups is 1. The standard InChI is InChI=1S/C12H11N5O2S/c13-6-5-8-1-3-9(4-2-8)17-11(14)15-16-12(17)20-7-10(18)19/h1-4H,5,7H2,(H2,14,15)(H,18,19). The van der Waals surface area contributed by atoms with Crippen LogP contribution < -0.4 is 5.73 Å². The van der Waals surface area contributed by atoms with Gasteiger partial charge in [0.15, 0.2) is 5.16 Å². The lowest BCUT2D eigenvalue weighted by Gasteiger charge is -2.07. The molecule has 0 aliphatic carbocycles. The number of carboxylic acids is 1. The fraction of sp³-hybridized carbons (Fsp3) is 0.167. The Morgan fingerprint density at radius 1 is 1.40 bits per heavy atom. The first-order valence-corrected chi connectivity index (χ1v) is 6.62. The van der Waals surface area contributed by atoms with Gasteiger partial charge in [-0.1, -0.05) is 23.9 Å². The zero-order valence-electron chi connectivity index (χ0n) is 10.4. The summed E-state index contributed by atoms with van der Waals surface area (Å²) in [5.41, 5.74) is 7.37. The number of rotatable bonds is 5. The van der Waals surface area contributed by atoms with Gasteiger partial charge < -0.3 is 10.8 Å². The molecule has 1 aromatic heterocycles. The first kappa shape index (κ1) is 13.9. The van der Waals surface area contributed by atoms with Crippen molar-refractivity contribution in [2.45, 2.75) is 11.6 Å². The summed E-state index contributed by atoms with van der Waals surface area (Å²) in [6.07, 6.45) is 0.332. The summed E-state index contributed by atoms with van der Waals surface area (Å²) in [4.78, 5) is 10.6. The molecule has 2 aromatic rings. The van der Waals surface area contributed by atoms with Gasteiger partial charge in [-0.15, -0.1) is 10.2 Å². The van der Waals surface area contributed by atoms with Gasteiger partial charge in [-0.2, -0.15) is 5.26 Å².